The van der Waals surface area contributed by atoms with Crippen molar-refractivity contribution < 1.29 is 50.0 Å². The van der Waals surface area contributed by atoms with Crippen LogP contribution in [-0.4, -0.2) is 110 Å². The van der Waals surface area contributed by atoms with Gasteiger partial charge in [0.1, 0.15) is 36.6 Å². The van der Waals surface area contributed by atoms with Crippen LogP contribution in [0.15, 0.2) is 0 Å². The highest BCUT2D eigenvalue weighted by Crippen LogP contribution is 2.23. The van der Waals surface area contributed by atoms with Gasteiger partial charge in [-0.15, -0.1) is 0 Å². The molecule has 0 spiro atoms. The van der Waals surface area contributed by atoms with Crippen molar-refractivity contribution >= 4 is 5.91 Å². The van der Waals surface area contributed by atoms with Crippen molar-refractivity contribution in [2.24, 2.45) is 0 Å². The molecule has 1 saturated heterocycles. The summed E-state index contributed by atoms with van der Waals surface area (Å²) in [5, 5.41) is 74.8. The van der Waals surface area contributed by atoms with Gasteiger partial charge in [0.2, 0.25) is 5.91 Å². The van der Waals surface area contributed by atoms with Crippen molar-refractivity contribution in [3.05, 3.63) is 0 Å². The fourth-order valence-corrected chi connectivity index (χ4v) is 6.50. The average molecular weight is 706 g/mol. The quantitative estimate of drug-likeness (QED) is 0.0453. The van der Waals surface area contributed by atoms with Crippen molar-refractivity contribution in [1.82, 2.24) is 5.32 Å². The second-order valence-corrected chi connectivity index (χ2v) is 14.4. The summed E-state index contributed by atoms with van der Waals surface area (Å²) in [5.74, 6) is -0.701. The second-order valence-electron chi connectivity index (χ2n) is 14.4. The van der Waals surface area contributed by atoms with Gasteiger partial charge in [0.15, 0.2) is 6.29 Å². The number of carbonyl (C=O) groups is 1. The number of unbranched alkanes of at least 4 members (excludes halogenated alkanes) is 20. The largest absolute Gasteiger partial charge is 0.394 e. The zero-order chi connectivity index (χ0) is 36.3. The summed E-state index contributed by atoms with van der Waals surface area (Å²) in [6.07, 6.45) is 15.0. The van der Waals surface area contributed by atoms with E-state index in [1.54, 1.807) is 0 Å². The molecule has 1 aliphatic heterocycles. The first kappa shape index (κ1) is 46.1. The first-order valence-corrected chi connectivity index (χ1v) is 19.9. The lowest BCUT2D eigenvalue weighted by Crippen LogP contribution is -2.60. The van der Waals surface area contributed by atoms with Gasteiger partial charge in [-0.3, -0.25) is 4.79 Å². The predicted molar refractivity (Wildman–Crippen MR) is 192 cm³/mol. The number of carbonyl (C=O) groups excluding carboxylic acids is 1. The third kappa shape index (κ3) is 20.7. The van der Waals surface area contributed by atoms with Crippen LogP contribution in [0.3, 0.4) is 0 Å². The average Bonchev–Trinajstić information content (AvgIpc) is 3.10. The minimum absolute atomic E-state index is 0.265. The second kappa shape index (κ2) is 29.7. The zero-order valence-corrected chi connectivity index (χ0v) is 30.9. The van der Waals surface area contributed by atoms with E-state index in [1.807, 2.05) is 0 Å². The van der Waals surface area contributed by atoms with Gasteiger partial charge in [-0.25, -0.2) is 0 Å². The molecule has 0 aromatic carbocycles. The van der Waals surface area contributed by atoms with E-state index in [2.05, 4.69) is 19.2 Å². The summed E-state index contributed by atoms with van der Waals surface area (Å²) < 4.78 is 11.0. The number of hydrogen-bond acceptors (Lipinski definition) is 10. The molecule has 9 atom stereocenters. The molecule has 0 aliphatic carbocycles. The molecular weight excluding hydrogens is 630 g/mol. The summed E-state index contributed by atoms with van der Waals surface area (Å²) in [4.78, 5) is 12.9. The van der Waals surface area contributed by atoms with Gasteiger partial charge >= 0.3 is 0 Å². The number of rotatable bonds is 32. The Kier molecular flexibility index (Phi) is 27.9. The molecule has 49 heavy (non-hydrogen) atoms. The van der Waals surface area contributed by atoms with Gasteiger partial charge in [-0.05, 0) is 12.8 Å². The lowest BCUT2D eigenvalue weighted by atomic mass is 9.98. The predicted octanol–water partition coefficient (Wildman–Crippen LogP) is 4.77. The molecule has 9 unspecified atom stereocenters. The van der Waals surface area contributed by atoms with E-state index >= 15 is 0 Å². The van der Waals surface area contributed by atoms with Crippen LogP contribution in [-0.2, 0) is 14.3 Å². The maximum Gasteiger partial charge on any atom is 0.249 e. The first-order valence-electron chi connectivity index (χ1n) is 19.9. The first-order chi connectivity index (χ1) is 23.7. The standard InChI is InChI=1S/C38H75NO10/c1-3-5-7-9-10-11-12-13-14-15-16-17-18-19-20-22-24-26-31(42)37(47)39-29(33(43)30(41)25-23-21-8-6-4-2)28-48-38-36(46)35(45)34(44)32(27-40)49-38/h29-36,38,40-46H,3-28H2,1-2H3,(H,39,47). The number of aliphatic hydroxyl groups is 7. The van der Waals surface area contributed by atoms with Crippen LogP contribution in [0.2, 0.25) is 0 Å². The number of amides is 1. The Bertz CT molecular complexity index is 775. The van der Waals surface area contributed by atoms with E-state index in [0.29, 0.717) is 19.3 Å². The van der Waals surface area contributed by atoms with Gasteiger partial charge in [0, 0.05) is 0 Å². The number of ether oxygens (including phenoxy) is 2. The van der Waals surface area contributed by atoms with Gasteiger partial charge in [-0.1, -0.05) is 155 Å². The van der Waals surface area contributed by atoms with Crippen molar-refractivity contribution in [3.63, 3.8) is 0 Å². The molecule has 1 amide bonds. The van der Waals surface area contributed by atoms with Gasteiger partial charge in [0.05, 0.1) is 25.4 Å². The lowest BCUT2D eigenvalue weighted by molar-refractivity contribution is -0.303. The zero-order valence-electron chi connectivity index (χ0n) is 30.9. The van der Waals surface area contributed by atoms with E-state index in [0.717, 1.165) is 44.9 Å². The number of nitrogens with one attached hydrogen (secondary N) is 1. The maximum absolute atomic E-state index is 12.9. The van der Waals surface area contributed by atoms with Gasteiger partial charge < -0.3 is 50.5 Å². The topological polar surface area (TPSA) is 189 Å². The molecule has 1 fully saturated rings. The highest BCUT2D eigenvalue weighted by molar-refractivity contribution is 5.80. The van der Waals surface area contributed by atoms with Crippen molar-refractivity contribution in [2.75, 3.05) is 13.2 Å². The molecule has 1 heterocycles. The van der Waals surface area contributed by atoms with Crippen LogP contribution < -0.4 is 5.32 Å². The lowest BCUT2D eigenvalue weighted by Gasteiger charge is -2.40. The fourth-order valence-electron chi connectivity index (χ4n) is 6.50. The summed E-state index contributed by atoms with van der Waals surface area (Å²) >= 11 is 0. The van der Waals surface area contributed by atoms with Crippen LogP contribution in [0.5, 0.6) is 0 Å². The fraction of sp³-hybridized carbons (Fsp3) is 0.974. The normalized spacial score (nSPS) is 23.7. The molecule has 292 valence electrons. The van der Waals surface area contributed by atoms with Gasteiger partial charge in [0.25, 0.3) is 0 Å². The Hall–Kier alpha value is -0.890. The summed E-state index contributed by atoms with van der Waals surface area (Å²) in [6, 6.07) is -1.16. The molecule has 11 heteroatoms. The third-order valence-corrected chi connectivity index (χ3v) is 9.91. The van der Waals surface area contributed by atoms with Crippen molar-refractivity contribution in [1.29, 1.82) is 0 Å². The highest BCUT2D eigenvalue weighted by atomic mass is 16.7. The van der Waals surface area contributed by atoms with Crippen LogP contribution in [0.25, 0.3) is 0 Å². The third-order valence-electron chi connectivity index (χ3n) is 9.91. The number of aliphatic hydroxyl groups excluding tert-OH is 7. The molecule has 8 N–H and O–H groups in total. The summed E-state index contributed by atoms with van der Waals surface area (Å²) in [7, 11) is 0. The monoisotopic (exact) mass is 706 g/mol. The number of hydrogen-bond donors (Lipinski definition) is 8. The van der Waals surface area contributed by atoms with E-state index in [1.165, 1.54) is 83.5 Å². The molecule has 1 rings (SSSR count). The molecule has 0 radical (unpaired) electrons. The summed E-state index contributed by atoms with van der Waals surface area (Å²) in [5.41, 5.74) is 0. The minimum Gasteiger partial charge on any atom is -0.394 e. The molecule has 0 aromatic rings. The Balaban J connectivity index is 2.40. The SMILES string of the molecule is CCCCCCCCCCCCCCCCCCCC(O)C(=O)NC(COC1OC(CO)C(O)C(O)C1O)C(O)C(O)CCCCCCC. The molecule has 0 saturated carbocycles. The maximum atomic E-state index is 12.9. The van der Waals surface area contributed by atoms with E-state index in [-0.39, 0.29) is 6.42 Å². The Morgan fingerprint density at radius 3 is 1.51 bits per heavy atom. The van der Waals surface area contributed by atoms with Crippen LogP contribution in [0.4, 0.5) is 0 Å². The molecule has 11 nitrogen and oxygen atoms in total. The van der Waals surface area contributed by atoms with E-state index in [9.17, 15) is 40.5 Å². The molecule has 0 bridgehead atoms. The minimum atomic E-state index is -1.65. The Labute approximate surface area is 297 Å². The Morgan fingerprint density at radius 2 is 1.06 bits per heavy atom. The van der Waals surface area contributed by atoms with Crippen molar-refractivity contribution in [2.45, 2.75) is 223 Å². The van der Waals surface area contributed by atoms with Crippen LogP contribution in [0.1, 0.15) is 168 Å². The molecule has 1 aliphatic rings. The molecule has 0 aromatic heterocycles. The highest BCUT2D eigenvalue weighted by Gasteiger charge is 2.44. The van der Waals surface area contributed by atoms with E-state index in [4.69, 9.17) is 9.47 Å². The molecular formula is C38H75NO10. The van der Waals surface area contributed by atoms with Crippen molar-refractivity contribution in [3.8, 4) is 0 Å². The Morgan fingerprint density at radius 1 is 0.633 bits per heavy atom. The van der Waals surface area contributed by atoms with Gasteiger partial charge in [-0.2, -0.15) is 0 Å². The van der Waals surface area contributed by atoms with Crippen LogP contribution in [0, 0.1) is 0 Å². The summed E-state index contributed by atoms with van der Waals surface area (Å²) in [6.45, 7) is 3.31. The van der Waals surface area contributed by atoms with Crippen LogP contribution >= 0.6 is 0 Å². The van der Waals surface area contributed by atoms with E-state index < -0.39 is 74.2 Å². The smallest absolute Gasteiger partial charge is 0.249 e.